The molecule has 2 heterocycles. The summed E-state index contributed by atoms with van der Waals surface area (Å²) in [6.45, 7) is 0. The Bertz CT molecular complexity index is 1860. The molecule has 4 aromatic rings. The first kappa shape index (κ1) is 27.6. The fourth-order valence-corrected chi connectivity index (χ4v) is 7.31. The van der Waals surface area contributed by atoms with Crippen molar-refractivity contribution in [1.29, 1.82) is 0 Å². The molecule has 44 heavy (non-hydrogen) atoms. The zero-order valence-corrected chi connectivity index (χ0v) is 24.2. The number of rotatable bonds is 6. The van der Waals surface area contributed by atoms with E-state index in [1.54, 1.807) is 84.9 Å². The van der Waals surface area contributed by atoms with Crippen molar-refractivity contribution in [3.63, 3.8) is 0 Å². The van der Waals surface area contributed by atoms with E-state index in [1.807, 2.05) is 4.90 Å². The van der Waals surface area contributed by atoms with Crippen LogP contribution >= 0.6 is 0 Å². The third kappa shape index (κ3) is 3.70. The van der Waals surface area contributed by atoms with E-state index < -0.39 is 29.2 Å². The van der Waals surface area contributed by atoms with Crippen LogP contribution in [0.5, 0.6) is 17.2 Å². The Hall–Kier alpha value is -5.24. The maximum atomic E-state index is 14.9. The minimum atomic E-state index is -1.73. The van der Waals surface area contributed by atoms with Gasteiger partial charge in [-0.15, -0.1) is 0 Å². The predicted octanol–water partition coefficient (Wildman–Crippen LogP) is 6.17. The summed E-state index contributed by atoms with van der Waals surface area (Å²) in [6.07, 6.45) is 3.48. The Balaban J connectivity index is 1.57. The lowest BCUT2D eigenvalue weighted by Crippen LogP contribution is -2.48. The van der Waals surface area contributed by atoms with Crippen molar-refractivity contribution in [2.45, 2.75) is 18.0 Å². The predicted molar refractivity (Wildman–Crippen MR) is 163 cm³/mol. The summed E-state index contributed by atoms with van der Waals surface area (Å²) < 4.78 is 31.2. The molecule has 8 heteroatoms. The lowest BCUT2D eigenvalue weighted by Gasteiger charge is -2.37. The molecule has 0 unspecified atom stereocenters. The van der Waals surface area contributed by atoms with Gasteiger partial charge in [0.15, 0.2) is 17.3 Å². The third-order valence-corrected chi connectivity index (χ3v) is 9.16. The van der Waals surface area contributed by atoms with Gasteiger partial charge in [0.05, 0.1) is 27.4 Å². The van der Waals surface area contributed by atoms with Crippen molar-refractivity contribution in [1.82, 2.24) is 0 Å². The summed E-state index contributed by atoms with van der Waals surface area (Å²) in [4.78, 5) is 46.4. The molecular formula is C36H28FNO6. The molecule has 3 atom stereocenters. The summed E-state index contributed by atoms with van der Waals surface area (Å²) in [6, 6.07) is 21.1. The molecule has 1 saturated heterocycles. The number of benzene rings is 4. The molecular weight excluding hydrogens is 561 g/mol. The Kier molecular flexibility index (Phi) is 6.39. The molecule has 3 aliphatic rings. The number of hydrogen-bond acceptors (Lipinski definition) is 7. The monoisotopic (exact) mass is 589 g/mol. The highest BCUT2D eigenvalue weighted by molar-refractivity contribution is 6.32. The number of methoxy groups -OCH3 is 3. The number of nitrogens with zero attached hydrogens (tertiary/aromatic N) is 1. The Labute approximate surface area is 253 Å². The van der Waals surface area contributed by atoms with Crippen LogP contribution in [-0.2, 0) is 0 Å². The van der Waals surface area contributed by atoms with E-state index in [0.717, 1.165) is 0 Å². The zero-order chi connectivity index (χ0) is 30.7. The van der Waals surface area contributed by atoms with Gasteiger partial charge in [-0.05, 0) is 36.4 Å². The highest BCUT2D eigenvalue weighted by Gasteiger charge is 2.72. The fraction of sp³-hybridized carbons (Fsp3) is 0.194. The van der Waals surface area contributed by atoms with E-state index in [2.05, 4.69) is 0 Å². The molecule has 0 N–H and O–H groups in total. The van der Waals surface area contributed by atoms with Crippen molar-refractivity contribution in [3.8, 4) is 17.2 Å². The maximum absolute atomic E-state index is 14.9. The minimum Gasteiger partial charge on any atom is -0.497 e. The molecule has 0 aromatic heterocycles. The average Bonchev–Trinajstić information content (AvgIpc) is 3.49. The van der Waals surface area contributed by atoms with Gasteiger partial charge < -0.3 is 19.1 Å². The van der Waals surface area contributed by atoms with Crippen molar-refractivity contribution < 1.29 is 33.0 Å². The van der Waals surface area contributed by atoms with Crippen LogP contribution in [0.4, 0.5) is 10.1 Å². The summed E-state index contributed by atoms with van der Waals surface area (Å²) in [7, 11) is 4.54. The minimum absolute atomic E-state index is 0.308. The molecule has 0 amide bonds. The first-order valence-electron chi connectivity index (χ1n) is 14.2. The lowest BCUT2D eigenvalue weighted by molar-refractivity contribution is 0.0664. The first-order chi connectivity index (χ1) is 21.3. The van der Waals surface area contributed by atoms with Crippen LogP contribution < -0.4 is 19.1 Å². The van der Waals surface area contributed by atoms with E-state index >= 15 is 0 Å². The second-order valence-corrected chi connectivity index (χ2v) is 11.1. The van der Waals surface area contributed by atoms with E-state index in [1.165, 1.54) is 33.5 Å². The lowest BCUT2D eigenvalue weighted by atomic mass is 9.64. The number of anilines is 1. The number of Topliss-reactive ketones (excluding diaryl/α,β-unsaturated/α-hetero) is 3. The SMILES string of the molecule is COc1cccc(C(=O)[C@@H]2[C@@H](c3ccc(OC)cc3OC)C3(C(=O)c4ccccc4C3=O)[C@@H]3C=Cc4cc(F)ccc4N23)c1. The van der Waals surface area contributed by atoms with Crippen molar-refractivity contribution >= 4 is 29.1 Å². The normalized spacial score (nSPS) is 20.7. The maximum Gasteiger partial charge on any atom is 0.186 e. The largest absolute Gasteiger partial charge is 0.497 e. The van der Waals surface area contributed by atoms with Crippen molar-refractivity contribution in [2.24, 2.45) is 5.41 Å². The second-order valence-electron chi connectivity index (χ2n) is 11.1. The zero-order valence-electron chi connectivity index (χ0n) is 24.2. The average molecular weight is 590 g/mol. The molecule has 1 spiro atoms. The summed E-state index contributed by atoms with van der Waals surface area (Å²) in [5.74, 6) is -1.13. The quantitative estimate of drug-likeness (QED) is 0.197. The highest BCUT2D eigenvalue weighted by Crippen LogP contribution is 2.62. The molecule has 1 fully saturated rings. The number of ether oxygens (including phenoxy) is 3. The number of carbonyl (C=O) groups is 3. The Morgan fingerprint density at radius 1 is 0.795 bits per heavy atom. The molecule has 4 aromatic carbocycles. The van der Waals surface area contributed by atoms with Gasteiger partial charge in [-0.2, -0.15) is 0 Å². The smallest absolute Gasteiger partial charge is 0.186 e. The van der Waals surface area contributed by atoms with Crippen LogP contribution in [0.2, 0.25) is 0 Å². The van der Waals surface area contributed by atoms with Crippen LogP contribution in [0.15, 0.2) is 91.0 Å². The van der Waals surface area contributed by atoms with Gasteiger partial charge in [0.25, 0.3) is 0 Å². The van der Waals surface area contributed by atoms with Crippen LogP contribution in [0.3, 0.4) is 0 Å². The van der Waals surface area contributed by atoms with E-state index in [0.29, 0.717) is 50.8 Å². The van der Waals surface area contributed by atoms with Gasteiger partial charge in [-0.1, -0.05) is 54.6 Å². The van der Waals surface area contributed by atoms with Gasteiger partial charge >= 0.3 is 0 Å². The van der Waals surface area contributed by atoms with Gasteiger partial charge in [0.2, 0.25) is 0 Å². The van der Waals surface area contributed by atoms with E-state index in [-0.39, 0.29) is 17.3 Å². The molecule has 2 aliphatic heterocycles. The Morgan fingerprint density at radius 2 is 1.50 bits per heavy atom. The van der Waals surface area contributed by atoms with Gasteiger partial charge in [0.1, 0.15) is 34.5 Å². The van der Waals surface area contributed by atoms with Crippen molar-refractivity contribution in [2.75, 3.05) is 26.2 Å². The van der Waals surface area contributed by atoms with E-state index in [4.69, 9.17) is 14.2 Å². The molecule has 1 aliphatic carbocycles. The molecule has 0 saturated carbocycles. The number of halogens is 1. The van der Waals surface area contributed by atoms with Crippen LogP contribution in [0.25, 0.3) is 6.08 Å². The van der Waals surface area contributed by atoms with Crippen molar-refractivity contribution in [3.05, 3.63) is 125 Å². The summed E-state index contributed by atoms with van der Waals surface area (Å²) in [5.41, 5.74) is 0.827. The second kappa shape index (κ2) is 10.2. The number of fused-ring (bicyclic) bond motifs is 5. The van der Waals surface area contributed by atoms with Crippen LogP contribution in [0, 0.1) is 11.2 Å². The highest BCUT2D eigenvalue weighted by atomic mass is 19.1. The van der Waals surface area contributed by atoms with E-state index in [9.17, 15) is 18.8 Å². The van der Waals surface area contributed by atoms with Gasteiger partial charge in [-0.25, -0.2) is 4.39 Å². The molecule has 7 nitrogen and oxygen atoms in total. The topological polar surface area (TPSA) is 82.1 Å². The third-order valence-electron chi connectivity index (χ3n) is 9.16. The number of carbonyl (C=O) groups excluding carboxylic acids is 3. The standard InChI is InChI=1S/C36H28FNO6/c1-42-23-8-6-7-21(18-23)33(39)32-31(27-14-13-24(43-2)19-29(27)44-3)36(34(40)25-9-4-5-10-26(25)35(36)41)30-16-11-20-17-22(37)12-15-28(20)38(30)32/h4-19,30-32H,1-3H3/t30-,31+,32-/m0/s1. The number of hydrogen-bond donors (Lipinski definition) is 0. The summed E-state index contributed by atoms with van der Waals surface area (Å²) >= 11 is 0. The molecule has 0 bridgehead atoms. The molecule has 7 rings (SSSR count). The van der Waals surface area contributed by atoms with Crippen LogP contribution in [-0.4, -0.2) is 50.8 Å². The first-order valence-corrected chi connectivity index (χ1v) is 14.2. The molecule has 0 radical (unpaired) electrons. The van der Waals surface area contributed by atoms with Crippen LogP contribution in [0.1, 0.15) is 48.1 Å². The fourth-order valence-electron chi connectivity index (χ4n) is 7.31. The number of ketones is 3. The molecule has 220 valence electrons. The van der Waals surface area contributed by atoms with Gasteiger partial charge in [0, 0.05) is 45.5 Å². The summed E-state index contributed by atoms with van der Waals surface area (Å²) in [5, 5.41) is 0. The van der Waals surface area contributed by atoms with Gasteiger partial charge in [-0.3, -0.25) is 14.4 Å². The Morgan fingerprint density at radius 3 is 2.18 bits per heavy atom.